The number of ketones is 1. The number of rotatable bonds is 3. The standard InChI is InChI=1S/C19H12O3/c20-16(19-12-14-6-2-4-8-18(14)22-19)10-9-15-11-13-5-1-3-7-17(13)21-15/h1-12H/b10-9+. The van der Waals surface area contributed by atoms with Crippen molar-refractivity contribution in [2.24, 2.45) is 0 Å². The van der Waals surface area contributed by atoms with E-state index in [1.165, 1.54) is 6.08 Å². The number of carbonyl (C=O) groups excluding carboxylic acids is 1. The van der Waals surface area contributed by atoms with E-state index in [1.54, 1.807) is 12.1 Å². The van der Waals surface area contributed by atoms with Crippen molar-refractivity contribution < 1.29 is 13.6 Å². The first-order valence-electron chi connectivity index (χ1n) is 6.99. The number of benzene rings is 2. The molecule has 3 heteroatoms. The monoisotopic (exact) mass is 288 g/mol. The number of fused-ring (bicyclic) bond motifs is 2. The zero-order valence-corrected chi connectivity index (χ0v) is 11.7. The second kappa shape index (κ2) is 5.04. The summed E-state index contributed by atoms with van der Waals surface area (Å²) in [6.45, 7) is 0. The first-order chi connectivity index (χ1) is 10.8. The molecular formula is C19H12O3. The van der Waals surface area contributed by atoms with Gasteiger partial charge in [0.15, 0.2) is 5.76 Å². The highest BCUT2D eigenvalue weighted by molar-refractivity contribution is 6.07. The minimum Gasteiger partial charge on any atom is -0.457 e. The van der Waals surface area contributed by atoms with Crippen molar-refractivity contribution in [3.63, 3.8) is 0 Å². The fourth-order valence-corrected chi connectivity index (χ4v) is 2.43. The van der Waals surface area contributed by atoms with Crippen molar-refractivity contribution in [1.82, 2.24) is 0 Å². The van der Waals surface area contributed by atoms with E-state index in [9.17, 15) is 4.79 Å². The fraction of sp³-hybridized carbons (Fsp3) is 0. The van der Waals surface area contributed by atoms with E-state index in [0.717, 1.165) is 16.4 Å². The van der Waals surface area contributed by atoms with E-state index < -0.39 is 0 Å². The Hall–Kier alpha value is -3.07. The minimum atomic E-state index is -0.184. The van der Waals surface area contributed by atoms with Crippen molar-refractivity contribution in [2.75, 3.05) is 0 Å². The van der Waals surface area contributed by atoms with Gasteiger partial charge in [0.05, 0.1) is 0 Å². The predicted molar refractivity (Wildman–Crippen MR) is 85.8 cm³/mol. The lowest BCUT2D eigenvalue weighted by Gasteiger charge is -1.87. The molecule has 0 aliphatic rings. The Morgan fingerprint density at radius 1 is 0.818 bits per heavy atom. The molecule has 0 saturated carbocycles. The summed E-state index contributed by atoms with van der Waals surface area (Å²) in [6.07, 6.45) is 3.13. The van der Waals surface area contributed by atoms with E-state index in [1.807, 2.05) is 54.6 Å². The smallest absolute Gasteiger partial charge is 0.221 e. The molecule has 4 aromatic rings. The average Bonchev–Trinajstić information content (AvgIpc) is 3.15. The third-order valence-corrected chi connectivity index (χ3v) is 3.51. The van der Waals surface area contributed by atoms with Crippen LogP contribution in [0.25, 0.3) is 28.0 Å². The molecule has 2 aromatic heterocycles. The molecule has 0 N–H and O–H groups in total. The quantitative estimate of drug-likeness (QED) is 0.390. The van der Waals surface area contributed by atoms with E-state index >= 15 is 0 Å². The number of hydrogen-bond acceptors (Lipinski definition) is 3. The van der Waals surface area contributed by atoms with Crippen LogP contribution in [0.2, 0.25) is 0 Å². The van der Waals surface area contributed by atoms with Gasteiger partial charge in [-0.3, -0.25) is 4.79 Å². The summed E-state index contributed by atoms with van der Waals surface area (Å²) in [4.78, 5) is 12.2. The minimum absolute atomic E-state index is 0.184. The number of furan rings is 2. The van der Waals surface area contributed by atoms with Crippen LogP contribution in [-0.2, 0) is 0 Å². The first-order valence-corrected chi connectivity index (χ1v) is 6.99. The Bertz CT molecular complexity index is 936. The summed E-state index contributed by atoms with van der Waals surface area (Å²) in [5, 5.41) is 1.93. The maximum Gasteiger partial charge on any atom is 0.221 e. The number of allylic oxidation sites excluding steroid dienone is 1. The summed E-state index contributed by atoms with van der Waals surface area (Å²) < 4.78 is 11.2. The lowest BCUT2D eigenvalue weighted by atomic mass is 10.2. The third-order valence-electron chi connectivity index (χ3n) is 3.51. The van der Waals surface area contributed by atoms with Gasteiger partial charge in [-0.25, -0.2) is 0 Å². The summed E-state index contributed by atoms with van der Waals surface area (Å²) in [5.74, 6) is 0.788. The maximum atomic E-state index is 12.2. The van der Waals surface area contributed by atoms with Crippen LogP contribution in [0.5, 0.6) is 0 Å². The molecule has 0 saturated heterocycles. The SMILES string of the molecule is O=C(/C=C/c1cc2ccccc2o1)c1cc2ccccc2o1. The van der Waals surface area contributed by atoms with Gasteiger partial charge < -0.3 is 8.83 Å². The largest absolute Gasteiger partial charge is 0.457 e. The molecule has 0 radical (unpaired) electrons. The van der Waals surface area contributed by atoms with Crippen LogP contribution in [0.4, 0.5) is 0 Å². The van der Waals surface area contributed by atoms with Gasteiger partial charge in [-0.2, -0.15) is 0 Å². The van der Waals surface area contributed by atoms with Crippen molar-refractivity contribution in [3.8, 4) is 0 Å². The highest BCUT2D eigenvalue weighted by atomic mass is 16.3. The molecule has 0 fully saturated rings. The van der Waals surface area contributed by atoms with E-state index in [2.05, 4.69) is 0 Å². The molecule has 0 unspecified atom stereocenters. The molecule has 2 heterocycles. The molecule has 22 heavy (non-hydrogen) atoms. The Morgan fingerprint density at radius 2 is 1.45 bits per heavy atom. The summed E-state index contributed by atoms with van der Waals surface area (Å²) in [5.41, 5.74) is 1.52. The van der Waals surface area contributed by atoms with Crippen LogP contribution in [0.3, 0.4) is 0 Å². The lowest BCUT2D eigenvalue weighted by molar-refractivity contribution is 0.102. The topological polar surface area (TPSA) is 43.4 Å². The highest BCUT2D eigenvalue weighted by Gasteiger charge is 2.09. The van der Waals surface area contributed by atoms with Gasteiger partial charge in [0.2, 0.25) is 5.78 Å². The summed E-state index contributed by atoms with van der Waals surface area (Å²) in [7, 11) is 0. The van der Waals surface area contributed by atoms with E-state index in [4.69, 9.17) is 8.83 Å². The van der Waals surface area contributed by atoms with Crippen molar-refractivity contribution in [1.29, 1.82) is 0 Å². The zero-order chi connectivity index (χ0) is 14.9. The fourth-order valence-electron chi connectivity index (χ4n) is 2.43. The van der Waals surface area contributed by atoms with Gasteiger partial charge in [0.1, 0.15) is 16.9 Å². The molecule has 0 spiro atoms. The van der Waals surface area contributed by atoms with Crippen molar-refractivity contribution in [2.45, 2.75) is 0 Å². The van der Waals surface area contributed by atoms with Crippen LogP contribution in [0.15, 0.2) is 75.6 Å². The lowest BCUT2D eigenvalue weighted by Crippen LogP contribution is -1.89. The van der Waals surface area contributed by atoms with E-state index in [0.29, 0.717) is 17.1 Å². The van der Waals surface area contributed by atoms with Gasteiger partial charge in [0.25, 0.3) is 0 Å². The Morgan fingerprint density at radius 3 is 2.14 bits per heavy atom. The Labute approximate surface area is 126 Å². The molecular weight excluding hydrogens is 276 g/mol. The molecule has 106 valence electrons. The van der Waals surface area contributed by atoms with Gasteiger partial charge in [0, 0.05) is 10.8 Å². The van der Waals surface area contributed by atoms with Crippen LogP contribution in [-0.4, -0.2) is 5.78 Å². The molecule has 4 rings (SSSR count). The Kier molecular flexibility index (Phi) is 2.90. The van der Waals surface area contributed by atoms with Gasteiger partial charge in [-0.1, -0.05) is 36.4 Å². The number of hydrogen-bond donors (Lipinski definition) is 0. The van der Waals surface area contributed by atoms with Crippen LogP contribution in [0.1, 0.15) is 16.3 Å². The van der Waals surface area contributed by atoms with Crippen molar-refractivity contribution >= 4 is 33.8 Å². The zero-order valence-electron chi connectivity index (χ0n) is 11.7. The molecule has 3 nitrogen and oxygen atoms in total. The van der Waals surface area contributed by atoms with Gasteiger partial charge >= 0.3 is 0 Å². The Balaban J connectivity index is 1.62. The van der Waals surface area contributed by atoms with Crippen LogP contribution < -0.4 is 0 Å². The first kappa shape index (κ1) is 12.7. The molecule has 0 aliphatic carbocycles. The normalized spacial score (nSPS) is 11.6. The second-order valence-electron chi connectivity index (χ2n) is 5.03. The molecule has 0 atom stereocenters. The average molecular weight is 288 g/mol. The molecule has 0 bridgehead atoms. The maximum absolute atomic E-state index is 12.2. The predicted octanol–water partition coefficient (Wildman–Crippen LogP) is 5.08. The molecule has 2 aromatic carbocycles. The number of para-hydroxylation sites is 2. The van der Waals surface area contributed by atoms with Crippen LogP contribution >= 0.6 is 0 Å². The summed E-state index contributed by atoms with van der Waals surface area (Å²) in [6, 6.07) is 18.9. The van der Waals surface area contributed by atoms with Gasteiger partial charge in [-0.15, -0.1) is 0 Å². The molecule has 0 amide bonds. The highest BCUT2D eigenvalue weighted by Crippen LogP contribution is 2.21. The van der Waals surface area contributed by atoms with Gasteiger partial charge in [-0.05, 0) is 36.4 Å². The van der Waals surface area contributed by atoms with Crippen molar-refractivity contribution in [3.05, 3.63) is 78.3 Å². The van der Waals surface area contributed by atoms with E-state index in [-0.39, 0.29) is 5.78 Å². The number of carbonyl (C=O) groups is 1. The second-order valence-corrected chi connectivity index (χ2v) is 5.03. The third kappa shape index (κ3) is 2.23. The van der Waals surface area contributed by atoms with Crippen LogP contribution in [0, 0.1) is 0 Å². The summed E-state index contributed by atoms with van der Waals surface area (Å²) >= 11 is 0. The molecule has 0 aliphatic heterocycles.